The number of nitrogens with one attached hydrogen (secondary N) is 1. The lowest BCUT2D eigenvalue weighted by Gasteiger charge is -2.29. The third-order valence-corrected chi connectivity index (χ3v) is 5.25. The van der Waals surface area contributed by atoms with Crippen molar-refractivity contribution in [3.8, 4) is 0 Å². The van der Waals surface area contributed by atoms with Crippen LogP contribution in [0.2, 0.25) is 0 Å². The van der Waals surface area contributed by atoms with Crippen LogP contribution in [0.1, 0.15) is 58.6 Å². The first kappa shape index (κ1) is 16.3. The van der Waals surface area contributed by atoms with Gasteiger partial charge in [-0.3, -0.25) is 0 Å². The number of hydrogen-bond acceptors (Lipinski definition) is 2. The zero-order valence-corrected chi connectivity index (χ0v) is 13.9. The molecule has 1 aliphatic heterocycles. The van der Waals surface area contributed by atoms with Crippen molar-refractivity contribution in [1.82, 2.24) is 5.32 Å². The fourth-order valence-corrected chi connectivity index (χ4v) is 3.54. The van der Waals surface area contributed by atoms with Gasteiger partial charge in [0.05, 0.1) is 0 Å². The Balaban J connectivity index is 2.28. The molecule has 3 heteroatoms. The van der Waals surface area contributed by atoms with Crippen LogP contribution in [-0.2, 0) is 0 Å². The molecule has 1 saturated heterocycles. The van der Waals surface area contributed by atoms with Crippen molar-refractivity contribution < 1.29 is 4.39 Å². The van der Waals surface area contributed by atoms with E-state index in [1.165, 1.54) is 24.9 Å². The van der Waals surface area contributed by atoms with Gasteiger partial charge >= 0.3 is 0 Å². The smallest absolute Gasteiger partial charge is 0.123 e. The van der Waals surface area contributed by atoms with Gasteiger partial charge in [-0.15, -0.1) is 0 Å². The minimum absolute atomic E-state index is 0.144. The summed E-state index contributed by atoms with van der Waals surface area (Å²) in [6, 6.07) is 5.43. The Kier molecular flexibility index (Phi) is 5.26. The number of benzene rings is 1. The molecule has 1 unspecified atom stereocenters. The van der Waals surface area contributed by atoms with Crippen molar-refractivity contribution in [2.24, 2.45) is 5.41 Å². The third kappa shape index (κ3) is 3.39. The van der Waals surface area contributed by atoms with Gasteiger partial charge < -0.3 is 10.2 Å². The molecular weight excluding hydrogens is 263 g/mol. The maximum atomic E-state index is 13.7. The van der Waals surface area contributed by atoms with E-state index in [9.17, 15) is 4.39 Å². The summed E-state index contributed by atoms with van der Waals surface area (Å²) < 4.78 is 13.7. The highest BCUT2D eigenvalue weighted by Crippen LogP contribution is 2.40. The molecule has 0 radical (unpaired) electrons. The Labute approximate surface area is 128 Å². The Morgan fingerprint density at radius 2 is 2.00 bits per heavy atom. The predicted molar refractivity (Wildman–Crippen MR) is 88.3 cm³/mol. The Morgan fingerprint density at radius 3 is 2.57 bits per heavy atom. The Morgan fingerprint density at radius 1 is 1.29 bits per heavy atom. The second-order valence-corrected chi connectivity index (χ2v) is 6.36. The summed E-state index contributed by atoms with van der Waals surface area (Å²) in [6.07, 6.45) is 3.69. The van der Waals surface area contributed by atoms with E-state index in [1.54, 1.807) is 12.1 Å². The molecule has 0 spiro atoms. The second kappa shape index (κ2) is 6.78. The van der Waals surface area contributed by atoms with Crippen LogP contribution in [0.5, 0.6) is 0 Å². The van der Waals surface area contributed by atoms with Gasteiger partial charge in [0, 0.05) is 24.8 Å². The van der Waals surface area contributed by atoms with Gasteiger partial charge in [-0.05, 0) is 61.9 Å². The van der Waals surface area contributed by atoms with Crippen LogP contribution < -0.4 is 10.2 Å². The van der Waals surface area contributed by atoms with Gasteiger partial charge in [0.15, 0.2) is 0 Å². The van der Waals surface area contributed by atoms with Crippen LogP contribution in [0, 0.1) is 11.2 Å². The van der Waals surface area contributed by atoms with Crippen molar-refractivity contribution in [2.75, 3.05) is 24.5 Å². The van der Waals surface area contributed by atoms with E-state index in [2.05, 4.69) is 37.9 Å². The molecule has 2 nitrogen and oxygen atoms in total. The maximum absolute atomic E-state index is 13.7. The van der Waals surface area contributed by atoms with Gasteiger partial charge in [-0.2, -0.15) is 0 Å². The molecule has 1 fully saturated rings. The maximum Gasteiger partial charge on any atom is 0.123 e. The Hall–Kier alpha value is -1.09. The average molecular weight is 292 g/mol. The highest BCUT2D eigenvalue weighted by Gasteiger charge is 2.35. The average Bonchev–Trinajstić information content (AvgIpc) is 2.92. The van der Waals surface area contributed by atoms with Crippen molar-refractivity contribution in [2.45, 2.75) is 53.0 Å². The molecule has 1 atom stereocenters. The summed E-state index contributed by atoms with van der Waals surface area (Å²) in [7, 11) is 0. The number of halogens is 1. The van der Waals surface area contributed by atoms with Gasteiger partial charge in [-0.25, -0.2) is 4.39 Å². The molecule has 0 amide bonds. The van der Waals surface area contributed by atoms with E-state index >= 15 is 0 Å². The summed E-state index contributed by atoms with van der Waals surface area (Å²) in [5.74, 6) is -0.144. The second-order valence-electron chi connectivity index (χ2n) is 6.36. The van der Waals surface area contributed by atoms with Crippen molar-refractivity contribution in [1.29, 1.82) is 0 Å². The third-order valence-electron chi connectivity index (χ3n) is 5.25. The molecule has 1 heterocycles. The molecule has 0 aromatic heterocycles. The molecule has 0 saturated carbocycles. The SMILES string of the molecule is CCNC(C)c1cc(F)ccc1N1CCC(CC)(CC)C1. The molecule has 118 valence electrons. The van der Waals surface area contributed by atoms with E-state index in [4.69, 9.17) is 0 Å². The van der Waals surface area contributed by atoms with E-state index in [0.717, 1.165) is 25.2 Å². The zero-order valence-electron chi connectivity index (χ0n) is 13.9. The first-order valence-electron chi connectivity index (χ1n) is 8.33. The van der Waals surface area contributed by atoms with Gasteiger partial charge in [-0.1, -0.05) is 20.8 Å². The lowest BCUT2D eigenvalue weighted by molar-refractivity contribution is 0.301. The van der Waals surface area contributed by atoms with Gasteiger partial charge in [0.2, 0.25) is 0 Å². The molecule has 0 bridgehead atoms. The lowest BCUT2D eigenvalue weighted by Crippen LogP contribution is -2.28. The van der Waals surface area contributed by atoms with Crippen LogP contribution in [-0.4, -0.2) is 19.6 Å². The first-order valence-corrected chi connectivity index (χ1v) is 8.33. The van der Waals surface area contributed by atoms with Crippen LogP contribution in [0.4, 0.5) is 10.1 Å². The molecule has 1 N–H and O–H groups in total. The van der Waals surface area contributed by atoms with Crippen LogP contribution in [0.15, 0.2) is 18.2 Å². The van der Waals surface area contributed by atoms with E-state index < -0.39 is 0 Å². The predicted octanol–water partition coefficient (Wildman–Crippen LogP) is 4.51. The van der Waals surface area contributed by atoms with Crippen LogP contribution in [0.25, 0.3) is 0 Å². The summed E-state index contributed by atoms with van der Waals surface area (Å²) in [5, 5.41) is 3.41. The quantitative estimate of drug-likeness (QED) is 0.829. The van der Waals surface area contributed by atoms with E-state index in [1.807, 2.05) is 6.07 Å². The standard InChI is InChI=1S/C18H29FN2/c1-5-18(6-2)10-11-21(13-18)17-9-8-15(19)12-16(17)14(4)20-7-3/h8-9,12,14,20H,5-7,10-11,13H2,1-4H3. The molecule has 2 rings (SSSR count). The highest BCUT2D eigenvalue weighted by atomic mass is 19.1. The zero-order chi connectivity index (χ0) is 15.5. The monoisotopic (exact) mass is 292 g/mol. The summed E-state index contributed by atoms with van der Waals surface area (Å²) >= 11 is 0. The number of rotatable bonds is 6. The number of anilines is 1. The number of nitrogens with zero attached hydrogens (tertiary/aromatic N) is 1. The lowest BCUT2D eigenvalue weighted by atomic mass is 9.82. The van der Waals surface area contributed by atoms with Crippen molar-refractivity contribution >= 4 is 5.69 Å². The summed E-state index contributed by atoms with van der Waals surface area (Å²) in [6.45, 7) is 11.9. The minimum atomic E-state index is -0.144. The van der Waals surface area contributed by atoms with Gasteiger partial charge in [0.25, 0.3) is 0 Å². The molecule has 1 aliphatic rings. The van der Waals surface area contributed by atoms with Crippen molar-refractivity contribution in [3.63, 3.8) is 0 Å². The fourth-order valence-electron chi connectivity index (χ4n) is 3.54. The van der Waals surface area contributed by atoms with Crippen molar-refractivity contribution in [3.05, 3.63) is 29.6 Å². The summed E-state index contributed by atoms with van der Waals surface area (Å²) in [5.41, 5.74) is 2.72. The molecule has 0 aliphatic carbocycles. The first-order chi connectivity index (χ1) is 10.0. The molecule has 1 aromatic rings. The largest absolute Gasteiger partial charge is 0.371 e. The highest BCUT2D eigenvalue weighted by molar-refractivity contribution is 5.56. The van der Waals surface area contributed by atoms with Crippen LogP contribution >= 0.6 is 0 Å². The van der Waals surface area contributed by atoms with E-state index in [0.29, 0.717) is 5.41 Å². The number of hydrogen-bond donors (Lipinski definition) is 1. The minimum Gasteiger partial charge on any atom is -0.371 e. The molecule has 21 heavy (non-hydrogen) atoms. The van der Waals surface area contributed by atoms with Gasteiger partial charge in [0.1, 0.15) is 5.82 Å². The van der Waals surface area contributed by atoms with E-state index in [-0.39, 0.29) is 11.9 Å². The molecular formula is C18H29FN2. The summed E-state index contributed by atoms with van der Waals surface area (Å²) in [4.78, 5) is 2.45. The topological polar surface area (TPSA) is 15.3 Å². The fraction of sp³-hybridized carbons (Fsp3) is 0.667. The Bertz CT molecular complexity index is 468. The van der Waals surface area contributed by atoms with Crippen LogP contribution in [0.3, 0.4) is 0 Å². The normalized spacial score (nSPS) is 19.0. The molecule has 1 aromatic carbocycles.